The Balaban J connectivity index is 1.58. The second-order valence-electron chi connectivity index (χ2n) is 6.57. The van der Waals surface area contributed by atoms with Crippen LogP contribution in [0.3, 0.4) is 0 Å². The largest absolute Gasteiger partial charge is 0.384 e. The van der Waals surface area contributed by atoms with Gasteiger partial charge in [-0.15, -0.1) is 0 Å². The Morgan fingerprint density at radius 1 is 1.08 bits per heavy atom. The molecule has 1 saturated carbocycles. The number of oxime groups is 1. The van der Waals surface area contributed by atoms with Gasteiger partial charge in [-0.3, -0.25) is 0 Å². The Hall–Kier alpha value is -2.36. The van der Waals surface area contributed by atoms with Gasteiger partial charge in [-0.1, -0.05) is 66.9 Å². The standard InChI is InChI=1S/C20H24N2O2/c21-19(22-24-20(23)13-15-7-2-1-3-8-15)14-17-11-6-10-16-9-4-5-12-18(16)17/h4-6,9-12,15H,1-3,7-8,13-14H2,(H2,21,22). The number of rotatable bonds is 5. The van der Waals surface area contributed by atoms with E-state index in [4.69, 9.17) is 10.6 Å². The zero-order valence-electron chi connectivity index (χ0n) is 13.9. The molecule has 2 aromatic carbocycles. The van der Waals surface area contributed by atoms with E-state index in [1.807, 2.05) is 24.3 Å². The zero-order chi connectivity index (χ0) is 16.8. The number of fused-ring (bicyclic) bond motifs is 1. The van der Waals surface area contributed by atoms with Crippen LogP contribution in [0.1, 0.15) is 44.1 Å². The van der Waals surface area contributed by atoms with Crippen LogP contribution in [-0.2, 0) is 16.1 Å². The van der Waals surface area contributed by atoms with E-state index in [1.165, 1.54) is 19.3 Å². The van der Waals surface area contributed by atoms with Gasteiger partial charge in [0.2, 0.25) is 0 Å². The van der Waals surface area contributed by atoms with E-state index in [9.17, 15) is 4.79 Å². The van der Waals surface area contributed by atoms with Crippen molar-refractivity contribution in [2.45, 2.75) is 44.9 Å². The first-order valence-corrected chi connectivity index (χ1v) is 8.71. The summed E-state index contributed by atoms with van der Waals surface area (Å²) in [5.41, 5.74) is 7.03. The normalized spacial score (nSPS) is 16.2. The Labute approximate surface area is 142 Å². The van der Waals surface area contributed by atoms with Gasteiger partial charge in [-0.25, -0.2) is 4.79 Å². The Kier molecular flexibility index (Phi) is 5.47. The number of amidine groups is 1. The summed E-state index contributed by atoms with van der Waals surface area (Å²) in [5.74, 6) is 0.492. The lowest BCUT2D eigenvalue weighted by Gasteiger charge is -2.19. The van der Waals surface area contributed by atoms with Gasteiger partial charge in [-0.05, 0) is 35.1 Å². The van der Waals surface area contributed by atoms with E-state index < -0.39 is 0 Å². The summed E-state index contributed by atoms with van der Waals surface area (Å²) in [6.45, 7) is 0. The number of hydrogen-bond donors (Lipinski definition) is 1. The molecule has 2 N–H and O–H groups in total. The molecule has 0 amide bonds. The van der Waals surface area contributed by atoms with Crippen LogP contribution in [0, 0.1) is 5.92 Å². The molecule has 0 aliphatic heterocycles. The van der Waals surface area contributed by atoms with Gasteiger partial charge in [0.15, 0.2) is 0 Å². The molecule has 4 heteroatoms. The monoisotopic (exact) mass is 324 g/mol. The van der Waals surface area contributed by atoms with Crippen LogP contribution in [-0.4, -0.2) is 11.8 Å². The fourth-order valence-electron chi connectivity index (χ4n) is 3.45. The van der Waals surface area contributed by atoms with Gasteiger partial charge in [0.05, 0.1) is 6.42 Å². The first-order valence-electron chi connectivity index (χ1n) is 8.71. The third-order valence-electron chi connectivity index (χ3n) is 4.70. The van der Waals surface area contributed by atoms with E-state index in [0.29, 0.717) is 24.6 Å². The second-order valence-corrected chi connectivity index (χ2v) is 6.57. The van der Waals surface area contributed by atoms with E-state index in [2.05, 4.69) is 23.4 Å². The maximum atomic E-state index is 11.9. The fourth-order valence-corrected chi connectivity index (χ4v) is 3.45. The molecule has 1 aliphatic rings. The third-order valence-corrected chi connectivity index (χ3v) is 4.70. The minimum Gasteiger partial charge on any atom is -0.384 e. The molecule has 1 aliphatic carbocycles. The highest BCUT2D eigenvalue weighted by atomic mass is 16.7. The SMILES string of the molecule is NC(Cc1cccc2ccccc12)=NOC(=O)CC1CCCCC1. The lowest BCUT2D eigenvalue weighted by atomic mass is 9.87. The minimum absolute atomic E-state index is 0.275. The van der Waals surface area contributed by atoms with Gasteiger partial charge < -0.3 is 10.6 Å². The minimum atomic E-state index is -0.275. The lowest BCUT2D eigenvalue weighted by molar-refractivity contribution is -0.145. The predicted molar refractivity (Wildman–Crippen MR) is 96.6 cm³/mol. The molecule has 4 nitrogen and oxygen atoms in total. The molecule has 0 radical (unpaired) electrons. The van der Waals surface area contributed by atoms with E-state index >= 15 is 0 Å². The van der Waals surface area contributed by atoms with Crippen molar-refractivity contribution in [3.05, 3.63) is 48.0 Å². The summed E-state index contributed by atoms with van der Waals surface area (Å²) in [6, 6.07) is 14.2. The van der Waals surface area contributed by atoms with Crippen LogP contribution < -0.4 is 5.73 Å². The Morgan fingerprint density at radius 2 is 1.83 bits per heavy atom. The summed E-state index contributed by atoms with van der Waals surface area (Å²) in [5, 5.41) is 6.15. The van der Waals surface area contributed by atoms with E-state index in [1.54, 1.807) is 0 Å². The van der Waals surface area contributed by atoms with Crippen LogP contribution in [0.5, 0.6) is 0 Å². The summed E-state index contributed by atoms with van der Waals surface area (Å²) in [7, 11) is 0. The topological polar surface area (TPSA) is 64.7 Å². The molecule has 24 heavy (non-hydrogen) atoms. The van der Waals surface area contributed by atoms with Gasteiger partial charge in [-0.2, -0.15) is 0 Å². The molecule has 0 unspecified atom stereocenters. The van der Waals surface area contributed by atoms with Crippen molar-refractivity contribution in [1.82, 2.24) is 0 Å². The second kappa shape index (κ2) is 7.95. The molecule has 0 spiro atoms. The molecular weight excluding hydrogens is 300 g/mol. The quantitative estimate of drug-likeness (QED) is 0.388. The molecule has 126 valence electrons. The van der Waals surface area contributed by atoms with Crippen molar-refractivity contribution in [2.75, 3.05) is 0 Å². The summed E-state index contributed by atoms with van der Waals surface area (Å²) >= 11 is 0. The number of hydrogen-bond acceptors (Lipinski definition) is 3. The van der Waals surface area contributed by atoms with Crippen LogP contribution in [0.15, 0.2) is 47.6 Å². The van der Waals surface area contributed by atoms with Crippen molar-refractivity contribution in [3.63, 3.8) is 0 Å². The fraction of sp³-hybridized carbons (Fsp3) is 0.400. The molecule has 0 saturated heterocycles. The predicted octanol–water partition coefficient (Wildman–Crippen LogP) is 4.17. The van der Waals surface area contributed by atoms with Gasteiger partial charge in [0.25, 0.3) is 0 Å². The van der Waals surface area contributed by atoms with E-state index in [0.717, 1.165) is 29.2 Å². The number of benzene rings is 2. The van der Waals surface area contributed by atoms with E-state index in [-0.39, 0.29) is 5.97 Å². The molecule has 1 fully saturated rings. The van der Waals surface area contributed by atoms with Crippen molar-refractivity contribution in [2.24, 2.45) is 16.8 Å². The molecule has 0 bridgehead atoms. The van der Waals surface area contributed by atoms with Crippen molar-refractivity contribution >= 4 is 22.6 Å². The molecule has 0 heterocycles. The average Bonchev–Trinajstić information content (AvgIpc) is 2.61. The number of nitrogens with zero attached hydrogens (tertiary/aromatic N) is 1. The molecule has 3 rings (SSSR count). The lowest BCUT2D eigenvalue weighted by Crippen LogP contribution is -2.18. The summed E-state index contributed by atoms with van der Waals surface area (Å²) in [4.78, 5) is 16.9. The first kappa shape index (κ1) is 16.5. The van der Waals surface area contributed by atoms with Crippen molar-refractivity contribution in [1.29, 1.82) is 0 Å². The number of carbonyl (C=O) groups excluding carboxylic acids is 1. The Morgan fingerprint density at radius 3 is 2.67 bits per heavy atom. The number of nitrogens with two attached hydrogens (primary N) is 1. The van der Waals surface area contributed by atoms with Gasteiger partial charge in [0.1, 0.15) is 5.84 Å². The van der Waals surface area contributed by atoms with Crippen LogP contribution >= 0.6 is 0 Å². The molecule has 2 aromatic rings. The first-order chi connectivity index (χ1) is 11.7. The van der Waals surface area contributed by atoms with Crippen LogP contribution in [0.25, 0.3) is 10.8 Å². The molecule has 0 aromatic heterocycles. The highest BCUT2D eigenvalue weighted by Gasteiger charge is 2.18. The van der Waals surface area contributed by atoms with Crippen LogP contribution in [0.2, 0.25) is 0 Å². The van der Waals surface area contributed by atoms with Gasteiger partial charge >= 0.3 is 5.97 Å². The number of carbonyl (C=O) groups is 1. The maximum absolute atomic E-state index is 11.9. The maximum Gasteiger partial charge on any atom is 0.335 e. The van der Waals surface area contributed by atoms with Crippen molar-refractivity contribution < 1.29 is 9.63 Å². The van der Waals surface area contributed by atoms with Gasteiger partial charge in [0, 0.05) is 6.42 Å². The zero-order valence-corrected chi connectivity index (χ0v) is 13.9. The average molecular weight is 324 g/mol. The van der Waals surface area contributed by atoms with Crippen molar-refractivity contribution in [3.8, 4) is 0 Å². The highest BCUT2D eigenvalue weighted by molar-refractivity contribution is 5.91. The third kappa shape index (κ3) is 4.34. The van der Waals surface area contributed by atoms with Crippen LogP contribution in [0.4, 0.5) is 0 Å². The Bertz CT molecular complexity index is 728. The summed E-state index contributed by atoms with van der Waals surface area (Å²) in [6.07, 6.45) is 6.86. The summed E-state index contributed by atoms with van der Waals surface area (Å²) < 4.78 is 0. The smallest absolute Gasteiger partial charge is 0.335 e. The molecule has 0 atom stereocenters. The molecular formula is C20H24N2O2. The highest BCUT2D eigenvalue weighted by Crippen LogP contribution is 2.26.